The molecule has 9 nitrogen and oxygen atoms in total. The molecule has 1 aromatic carbocycles. The van der Waals surface area contributed by atoms with Crippen LogP contribution < -0.4 is 5.32 Å². The molecule has 0 radical (unpaired) electrons. The van der Waals surface area contributed by atoms with Crippen molar-refractivity contribution in [1.29, 1.82) is 0 Å². The highest BCUT2D eigenvalue weighted by Gasteiger charge is 2.41. The summed E-state index contributed by atoms with van der Waals surface area (Å²) < 4.78 is 38.9. The van der Waals surface area contributed by atoms with Gasteiger partial charge in [-0.2, -0.15) is 18.3 Å². The molecule has 0 atom stereocenters. The van der Waals surface area contributed by atoms with Crippen LogP contribution in [0.15, 0.2) is 40.4 Å². The summed E-state index contributed by atoms with van der Waals surface area (Å²) in [7, 11) is 2.70. The van der Waals surface area contributed by atoms with E-state index in [1.165, 1.54) is 38.4 Å². The summed E-state index contributed by atoms with van der Waals surface area (Å²) >= 11 is 0.648. The van der Waals surface area contributed by atoms with Gasteiger partial charge in [0.2, 0.25) is 5.03 Å². The Morgan fingerprint density at radius 1 is 1.33 bits per heavy atom. The Kier molecular flexibility index (Phi) is 6.17. The van der Waals surface area contributed by atoms with Crippen molar-refractivity contribution in [2.45, 2.75) is 16.1 Å². The van der Waals surface area contributed by atoms with Gasteiger partial charge in [0.1, 0.15) is 0 Å². The van der Waals surface area contributed by atoms with Gasteiger partial charge in [0.15, 0.2) is 5.56 Å². The molecule has 0 bridgehead atoms. The Bertz CT molecular complexity index is 848. The zero-order valence-corrected chi connectivity index (χ0v) is 14.7. The van der Waals surface area contributed by atoms with E-state index in [1.807, 2.05) is 0 Å². The summed E-state index contributed by atoms with van der Waals surface area (Å²) in [5, 5.41) is 20.7. The van der Waals surface area contributed by atoms with Crippen molar-refractivity contribution < 1.29 is 27.7 Å². The van der Waals surface area contributed by atoms with Crippen molar-refractivity contribution in [3.05, 3.63) is 46.1 Å². The van der Waals surface area contributed by atoms with Crippen LogP contribution in [0.3, 0.4) is 0 Å². The fourth-order valence-electron chi connectivity index (χ4n) is 1.82. The predicted octanol–water partition coefficient (Wildman–Crippen LogP) is 3.58. The summed E-state index contributed by atoms with van der Waals surface area (Å²) in [4.78, 5) is 26.7. The van der Waals surface area contributed by atoms with E-state index < -0.39 is 33.4 Å². The molecule has 0 saturated heterocycles. The average Bonchev–Trinajstić information content (AvgIpc) is 2.61. The lowest BCUT2D eigenvalue weighted by atomic mass is 10.2. The highest BCUT2D eigenvalue weighted by atomic mass is 32.2. The maximum atomic E-state index is 13.0. The second kappa shape index (κ2) is 8.18. The van der Waals surface area contributed by atoms with Gasteiger partial charge in [-0.15, -0.1) is 5.10 Å². The van der Waals surface area contributed by atoms with E-state index in [2.05, 4.69) is 15.5 Å². The summed E-state index contributed by atoms with van der Waals surface area (Å²) in [6, 6.07) is 5.31. The zero-order chi connectivity index (χ0) is 20.2. The number of halogens is 3. The Morgan fingerprint density at radius 2 is 1.96 bits per heavy atom. The lowest BCUT2D eigenvalue weighted by molar-refractivity contribution is -0.391. The van der Waals surface area contributed by atoms with Gasteiger partial charge in [0, 0.05) is 17.6 Å². The maximum Gasteiger partial charge on any atom is 0.424 e. The van der Waals surface area contributed by atoms with Gasteiger partial charge in [-0.1, -0.05) is 11.8 Å². The van der Waals surface area contributed by atoms with Crippen molar-refractivity contribution in [3.8, 4) is 0 Å². The Balaban J connectivity index is 2.25. The number of carbonyl (C=O) groups excluding carboxylic acids is 1. The van der Waals surface area contributed by atoms with Crippen LogP contribution in [0.2, 0.25) is 0 Å². The van der Waals surface area contributed by atoms with Gasteiger partial charge in [0.05, 0.1) is 18.2 Å². The number of anilines is 1. The first-order valence-corrected chi connectivity index (χ1v) is 7.89. The molecule has 0 aliphatic rings. The fraction of sp³-hybridized carbons (Fsp3) is 0.214. The largest absolute Gasteiger partial charge is 0.424 e. The summed E-state index contributed by atoms with van der Waals surface area (Å²) in [6.45, 7) is 0. The van der Waals surface area contributed by atoms with Crippen LogP contribution in [0, 0.1) is 10.1 Å². The lowest BCUT2D eigenvalue weighted by Gasteiger charge is -2.14. The molecule has 0 unspecified atom stereocenters. The number of hydrogen-bond acceptors (Lipinski definition) is 7. The van der Waals surface area contributed by atoms with Crippen molar-refractivity contribution in [2.24, 2.45) is 0 Å². The van der Waals surface area contributed by atoms with Gasteiger partial charge in [-0.05, 0) is 24.3 Å². The summed E-state index contributed by atoms with van der Waals surface area (Å²) in [6.07, 6.45) is -4.62. The Morgan fingerprint density at radius 3 is 2.48 bits per heavy atom. The molecule has 0 aliphatic carbocycles. The van der Waals surface area contributed by atoms with Gasteiger partial charge >= 0.3 is 17.9 Å². The van der Waals surface area contributed by atoms with Crippen LogP contribution in [0.1, 0.15) is 5.56 Å². The molecule has 2 aromatic rings. The van der Waals surface area contributed by atoms with E-state index in [4.69, 9.17) is 4.84 Å². The van der Waals surface area contributed by atoms with E-state index in [1.54, 1.807) is 0 Å². The number of amides is 2. The van der Waals surface area contributed by atoms with Crippen molar-refractivity contribution in [1.82, 2.24) is 15.3 Å². The Hall–Kier alpha value is -2.93. The molecular formula is C14H12F3N5O4S. The molecular weight excluding hydrogens is 391 g/mol. The Labute approximate surface area is 154 Å². The van der Waals surface area contributed by atoms with Crippen LogP contribution in [0.25, 0.3) is 0 Å². The van der Waals surface area contributed by atoms with Crippen LogP contribution >= 0.6 is 11.8 Å². The van der Waals surface area contributed by atoms with E-state index in [0.717, 1.165) is 5.06 Å². The molecule has 0 aliphatic heterocycles. The smallest absolute Gasteiger partial charge is 0.306 e. The number of rotatable bonds is 5. The quantitative estimate of drug-likeness (QED) is 0.600. The van der Waals surface area contributed by atoms with E-state index in [9.17, 15) is 28.1 Å². The number of nitrogens with one attached hydrogen (secondary N) is 1. The fourth-order valence-corrected chi connectivity index (χ4v) is 2.68. The maximum absolute atomic E-state index is 13.0. The van der Waals surface area contributed by atoms with Crippen LogP contribution in [-0.2, 0) is 11.0 Å². The van der Waals surface area contributed by atoms with Crippen molar-refractivity contribution in [2.75, 3.05) is 19.5 Å². The molecule has 27 heavy (non-hydrogen) atoms. The number of carbonyl (C=O) groups is 1. The molecule has 0 fully saturated rings. The minimum absolute atomic E-state index is 0.313. The monoisotopic (exact) mass is 403 g/mol. The van der Waals surface area contributed by atoms with Gasteiger partial charge in [-0.25, -0.2) is 9.86 Å². The van der Waals surface area contributed by atoms with Crippen LogP contribution in [-0.4, -0.2) is 40.4 Å². The summed E-state index contributed by atoms with van der Waals surface area (Å²) in [5.74, 6) is 0. The number of hydroxylamine groups is 2. The van der Waals surface area contributed by atoms with Crippen LogP contribution in [0.5, 0.6) is 0 Å². The van der Waals surface area contributed by atoms with Crippen molar-refractivity contribution >= 4 is 29.2 Å². The SMILES string of the molecule is CON(C)C(=O)Nc1ccc(Sc2nncc(C(F)(F)F)c2[N+](=O)[O-])cc1. The number of benzene rings is 1. The molecule has 2 amide bonds. The standard InChI is InChI=1S/C14H12F3N5O4S/c1-21(26-2)13(23)19-8-3-5-9(6-4-8)27-12-11(22(24)25)10(7-18-20-12)14(15,16)17/h3-7H,1-2H3,(H,19,23). The third-order valence-corrected chi connectivity index (χ3v) is 4.14. The third kappa shape index (κ3) is 5.04. The molecule has 144 valence electrons. The number of aromatic nitrogens is 2. The zero-order valence-electron chi connectivity index (χ0n) is 13.9. The molecule has 0 spiro atoms. The average molecular weight is 403 g/mol. The molecule has 1 N–H and O–H groups in total. The molecule has 1 aromatic heterocycles. The van der Waals surface area contributed by atoms with E-state index in [-0.39, 0.29) is 0 Å². The highest BCUT2D eigenvalue weighted by Crippen LogP contribution is 2.41. The minimum atomic E-state index is -4.94. The normalized spacial score (nSPS) is 11.1. The first kappa shape index (κ1) is 20.4. The molecule has 13 heteroatoms. The number of nitro groups is 1. The van der Waals surface area contributed by atoms with Gasteiger partial charge < -0.3 is 5.32 Å². The number of hydrogen-bond donors (Lipinski definition) is 1. The van der Waals surface area contributed by atoms with Gasteiger partial charge in [0.25, 0.3) is 0 Å². The van der Waals surface area contributed by atoms with Gasteiger partial charge in [-0.3, -0.25) is 15.0 Å². The second-order valence-corrected chi connectivity index (χ2v) is 5.97. The van der Waals surface area contributed by atoms with Crippen molar-refractivity contribution in [3.63, 3.8) is 0 Å². The highest BCUT2D eigenvalue weighted by molar-refractivity contribution is 7.99. The van der Waals surface area contributed by atoms with E-state index in [0.29, 0.717) is 28.5 Å². The molecule has 1 heterocycles. The third-order valence-electron chi connectivity index (χ3n) is 3.16. The molecule has 0 saturated carbocycles. The number of urea groups is 1. The lowest BCUT2D eigenvalue weighted by Crippen LogP contribution is -2.30. The first-order valence-electron chi connectivity index (χ1n) is 7.07. The summed E-state index contributed by atoms with van der Waals surface area (Å²) in [5.41, 5.74) is -2.25. The predicted molar refractivity (Wildman–Crippen MR) is 88.0 cm³/mol. The number of alkyl halides is 3. The van der Waals surface area contributed by atoms with Crippen LogP contribution in [0.4, 0.5) is 29.3 Å². The van der Waals surface area contributed by atoms with E-state index >= 15 is 0 Å². The number of nitrogens with zero attached hydrogens (tertiary/aromatic N) is 4. The topological polar surface area (TPSA) is 110 Å². The molecule has 2 rings (SSSR count). The first-order chi connectivity index (χ1) is 12.6. The second-order valence-electron chi connectivity index (χ2n) is 4.90. The minimum Gasteiger partial charge on any atom is -0.306 e.